The smallest absolute Gasteiger partial charge is 0.183 e. The van der Waals surface area contributed by atoms with Gasteiger partial charge in [-0.05, 0) is 19.1 Å². The normalized spacial score (nSPS) is 10.9. The van der Waals surface area contributed by atoms with Crippen LogP contribution in [-0.2, 0) is 5.75 Å². The lowest BCUT2D eigenvalue weighted by Gasteiger charge is -2.13. The van der Waals surface area contributed by atoms with Gasteiger partial charge in [0.1, 0.15) is 5.75 Å². The van der Waals surface area contributed by atoms with Crippen LogP contribution in [0.4, 0.5) is 0 Å². The summed E-state index contributed by atoms with van der Waals surface area (Å²) in [5, 5.41) is 10.3. The molecule has 2 N–H and O–H groups in total. The number of H-pyrrole nitrogens is 1. The Morgan fingerprint density at radius 3 is 2.74 bits per heavy atom. The Kier molecular flexibility index (Phi) is 4.29. The van der Waals surface area contributed by atoms with E-state index in [4.69, 9.17) is 9.47 Å². The molecule has 0 aliphatic rings. The largest absolute Gasteiger partial charge is 0.508 e. The predicted molar refractivity (Wildman–Crippen MR) is 89.4 cm³/mol. The van der Waals surface area contributed by atoms with Gasteiger partial charge in [-0.2, -0.15) is 0 Å². The minimum atomic E-state index is 0.212. The second kappa shape index (κ2) is 6.37. The molecule has 1 aromatic carbocycles. The highest BCUT2D eigenvalue weighted by molar-refractivity contribution is 7.98. The van der Waals surface area contributed by atoms with Gasteiger partial charge in [0.05, 0.1) is 30.9 Å². The van der Waals surface area contributed by atoms with E-state index in [9.17, 15) is 5.11 Å². The molecule has 0 unspecified atom stereocenters. The van der Waals surface area contributed by atoms with Crippen LogP contribution < -0.4 is 9.47 Å². The number of hydrogen-bond acceptors (Lipinski definition) is 6. The number of nitrogens with one attached hydrogen (secondary N) is 1. The predicted octanol–water partition coefficient (Wildman–Crippen LogP) is 3.28. The summed E-state index contributed by atoms with van der Waals surface area (Å²) in [6.07, 6.45) is 1.77. The molecule has 2 heterocycles. The van der Waals surface area contributed by atoms with E-state index in [1.54, 1.807) is 38.6 Å². The number of aromatic amines is 1. The Labute approximate surface area is 137 Å². The molecule has 2 aromatic heterocycles. The maximum Gasteiger partial charge on any atom is 0.183 e. The van der Waals surface area contributed by atoms with Gasteiger partial charge in [0.2, 0.25) is 0 Å². The number of thioether (sulfide) groups is 1. The van der Waals surface area contributed by atoms with Crippen molar-refractivity contribution in [2.24, 2.45) is 0 Å². The number of imidazole rings is 1. The fourth-order valence-corrected chi connectivity index (χ4v) is 3.17. The molecule has 0 fully saturated rings. The van der Waals surface area contributed by atoms with E-state index in [1.807, 2.05) is 6.92 Å². The fraction of sp³-hybridized carbons (Fsp3) is 0.250. The second-order valence-corrected chi connectivity index (χ2v) is 5.95. The van der Waals surface area contributed by atoms with Crippen LogP contribution in [0.2, 0.25) is 0 Å². The summed E-state index contributed by atoms with van der Waals surface area (Å²) in [5.41, 5.74) is 3.33. The van der Waals surface area contributed by atoms with Crippen LogP contribution in [0, 0.1) is 6.92 Å². The van der Waals surface area contributed by atoms with Crippen LogP contribution in [0.5, 0.6) is 17.2 Å². The summed E-state index contributed by atoms with van der Waals surface area (Å²) in [6.45, 7) is 1.93. The molecule has 0 bridgehead atoms. The third-order valence-electron chi connectivity index (χ3n) is 3.44. The topological polar surface area (TPSA) is 80.3 Å². The van der Waals surface area contributed by atoms with Gasteiger partial charge in [0, 0.05) is 23.6 Å². The Hall–Kier alpha value is -2.41. The number of methoxy groups -OCH3 is 2. The molecular formula is C16H17N3O3S. The van der Waals surface area contributed by atoms with Crippen molar-refractivity contribution in [2.75, 3.05) is 14.2 Å². The highest BCUT2D eigenvalue weighted by atomic mass is 32.2. The lowest BCUT2D eigenvalue weighted by molar-refractivity contribution is 0.348. The lowest BCUT2D eigenvalue weighted by atomic mass is 10.2. The summed E-state index contributed by atoms with van der Waals surface area (Å²) >= 11 is 1.51. The number of fused-ring (bicyclic) bond motifs is 1. The average Bonchev–Trinajstić information content (AvgIpc) is 2.95. The van der Waals surface area contributed by atoms with Crippen LogP contribution in [-0.4, -0.2) is 34.3 Å². The number of aromatic hydroxyl groups is 1. The molecule has 3 aromatic rings. The molecule has 0 aliphatic carbocycles. The van der Waals surface area contributed by atoms with E-state index in [-0.39, 0.29) is 5.75 Å². The molecule has 120 valence electrons. The highest BCUT2D eigenvalue weighted by Gasteiger charge is 2.15. The standard InChI is InChI=1S/C16H17N3O3S/c1-9-7-17-13(15(22-3)14(9)21-2)8-23-16-18-11-5-4-10(20)6-12(11)19-16/h4-7,20H,8H2,1-3H3,(H,18,19). The Morgan fingerprint density at radius 2 is 2.00 bits per heavy atom. The van der Waals surface area contributed by atoms with E-state index in [1.165, 1.54) is 11.8 Å². The number of nitrogens with zero attached hydrogens (tertiary/aromatic N) is 2. The number of pyridine rings is 1. The van der Waals surface area contributed by atoms with Crippen molar-refractivity contribution in [3.05, 3.63) is 35.7 Å². The van der Waals surface area contributed by atoms with Crippen LogP contribution in [0.3, 0.4) is 0 Å². The van der Waals surface area contributed by atoms with E-state index in [2.05, 4.69) is 15.0 Å². The number of ether oxygens (including phenoxy) is 2. The van der Waals surface area contributed by atoms with Crippen LogP contribution in [0.1, 0.15) is 11.3 Å². The van der Waals surface area contributed by atoms with Gasteiger partial charge in [-0.1, -0.05) is 11.8 Å². The molecule has 6 nitrogen and oxygen atoms in total. The third kappa shape index (κ3) is 3.05. The first-order valence-electron chi connectivity index (χ1n) is 7.00. The molecule has 0 radical (unpaired) electrons. The van der Waals surface area contributed by atoms with Gasteiger partial charge < -0.3 is 19.6 Å². The number of benzene rings is 1. The number of phenols is 1. The Morgan fingerprint density at radius 1 is 1.22 bits per heavy atom. The monoisotopic (exact) mass is 331 g/mol. The minimum Gasteiger partial charge on any atom is -0.508 e. The van der Waals surface area contributed by atoms with E-state index >= 15 is 0 Å². The second-order valence-electron chi connectivity index (χ2n) is 4.99. The lowest BCUT2D eigenvalue weighted by Crippen LogP contribution is -2.00. The Bertz CT molecular complexity index is 848. The molecule has 23 heavy (non-hydrogen) atoms. The quantitative estimate of drug-likeness (QED) is 0.698. The van der Waals surface area contributed by atoms with Crippen LogP contribution in [0.25, 0.3) is 11.0 Å². The summed E-state index contributed by atoms with van der Waals surface area (Å²) in [4.78, 5) is 12.1. The van der Waals surface area contributed by atoms with Gasteiger partial charge >= 0.3 is 0 Å². The molecular weight excluding hydrogens is 314 g/mol. The number of aromatic nitrogens is 3. The van der Waals surface area contributed by atoms with Gasteiger partial charge in [-0.25, -0.2) is 4.98 Å². The zero-order valence-electron chi connectivity index (χ0n) is 13.1. The van der Waals surface area contributed by atoms with Crippen molar-refractivity contribution in [3.63, 3.8) is 0 Å². The highest BCUT2D eigenvalue weighted by Crippen LogP contribution is 2.35. The zero-order chi connectivity index (χ0) is 16.4. The van der Waals surface area contributed by atoms with Crippen LogP contribution in [0.15, 0.2) is 29.6 Å². The van der Waals surface area contributed by atoms with Gasteiger partial charge in [-0.3, -0.25) is 4.98 Å². The fourth-order valence-electron chi connectivity index (χ4n) is 2.35. The molecule has 3 rings (SSSR count). The van der Waals surface area contributed by atoms with Crippen molar-refractivity contribution in [3.8, 4) is 17.2 Å². The van der Waals surface area contributed by atoms with Gasteiger partial charge in [0.25, 0.3) is 0 Å². The van der Waals surface area contributed by atoms with E-state index in [0.717, 1.165) is 27.4 Å². The molecule has 0 saturated heterocycles. The number of aryl methyl sites for hydroxylation is 1. The number of phenolic OH excluding ortho intramolecular Hbond substituents is 1. The first-order valence-corrected chi connectivity index (χ1v) is 7.99. The maximum absolute atomic E-state index is 9.50. The minimum absolute atomic E-state index is 0.212. The molecule has 0 atom stereocenters. The molecule has 0 saturated carbocycles. The number of hydrogen-bond donors (Lipinski definition) is 2. The van der Waals surface area contributed by atoms with Crippen molar-refractivity contribution in [2.45, 2.75) is 17.8 Å². The van der Waals surface area contributed by atoms with E-state index in [0.29, 0.717) is 17.3 Å². The van der Waals surface area contributed by atoms with Crippen LogP contribution >= 0.6 is 11.8 Å². The molecule has 0 amide bonds. The SMILES string of the molecule is COc1c(C)cnc(CSc2nc3ccc(O)cc3[nH]2)c1OC. The average molecular weight is 331 g/mol. The van der Waals surface area contributed by atoms with Crippen molar-refractivity contribution in [1.29, 1.82) is 0 Å². The maximum atomic E-state index is 9.50. The summed E-state index contributed by atoms with van der Waals surface area (Å²) < 4.78 is 10.8. The third-order valence-corrected chi connectivity index (χ3v) is 4.32. The summed E-state index contributed by atoms with van der Waals surface area (Å²) in [5.74, 6) is 2.15. The molecule has 0 spiro atoms. The Balaban J connectivity index is 1.84. The first kappa shape index (κ1) is 15.5. The van der Waals surface area contributed by atoms with E-state index < -0.39 is 0 Å². The summed E-state index contributed by atoms with van der Waals surface area (Å²) in [6, 6.07) is 5.05. The van der Waals surface area contributed by atoms with Gasteiger partial charge in [-0.15, -0.1) is 0 Å². The zero-order valence-corrected chi connectivity index (χ0v) is 13.9. The number of rotatable bonds is 5. The first-order chi connectivity index (χ1) is 11.1. The van der Waals surface area contributed by atoms with Crippen molar-refractivity contribution in [1.82, 2.24) is 15.0 Å². The van der Waals surface area contributed by atoms with Crippen molar-refractivity contribution >= 4 is 22.8 Å². The van der Waals surface area contributed by atoms with Gasteiger partial charge in [0.15, 0.2) is 16.7 Å². The van der Waals surface area contributed by atoms with Crippen molar-refractivity contribution < 1.29 is 14.6 Å². The molecule has 0 aliphatic heterocycles. The molecule has 7 heteroatoms. The summed E-state index contributed by atoms with van der Waals surface area (Å²) in [7, 11) is 3.23.